The van der Waals surface area contributed by atoms with Crippen molar-refractivity contribution in [2.75, 3.05) is 31.6 Å². The van der Waals surface area contributed by atoms with Crippen LogP contribution in [0.2, 0.25) is 0 Å². The molecule has 0 radical (unpaired) electrons. The Morgan fingerprint density at radius 3 is 2.58 bits per heavy atom. The van der Waals surface area contributed by atoms with Crippen molar-refractivity contribution in [3.8, 4) is 17.3 Å². The summed E-state index contributed by atoms with van der Waals surface area (Å²) in [5.41, 5.74) is 2.07. The first-order valence-corrected chi connectivity index (χ1v) is 8.05. The lowest BCUT2D eigenvalue weighted by molar-refractivity contribution is -0.116. The quantitative estimate of drug-likeness (QED) is 0.731. The monoisotopic (exact) mass is 351 g/mol. The van der Waals surface area contributed by atoms with E-state index in [1.807, 2.05) is 0 Å². The summed E-state index contributed by atoms with van der Waals surface area (Å²) >= 11 is 0. The fourth-order valence-electron chi connectivity index (χ4n) is 2.69. The number of rotatable bonds is 6. The molecule has 8 heteroatoms. The maximum atomic E-state index is 12.5. The molecule has 1 atom stereocenters. The highest BCUT2D eigenvalue weighted by Gasteiger charge is 2.32. The number of methoxy groups -OCH3 is 1. The first-order valence-electron chi connectivity index (χ1n) is 8.05. The van der Waals surface area contributed by atoms with Crippen LogP contribution in [0.4, 0.5) is 10.6 Å². The van der Waals surface area contributed by atoms with Crippen LogP contribution in [0.25, 0.3) is 11.3 Å². The molecule has 3 rings (SSSR count). The van der Waals surface area contributed by atoms with E-state index >= 15 is 0 Å². The zero-order valence-electron chi connectivity index (χ0n) is 14.2. The smallest absolute Gasteiger partial charge is 0.325 e. The van der Waals surface area contributed by atoms with Crippen LogP contribution >= 0.6 is 0 Å². The number of hydrogen-bond acceptors (Lipinski definition) is 6. The molecule has 2 aromatic rings. The van der Waals surface area contributed by atoms with Crippen molar-refractivity contribution in [1.29, 1.82) is 5.26 Å². The third-order valence-corrected chi connectivity index (χ3v) is 4.19. The number of benzene rings is 1. The number of anilines is 1. The minimum atomic E-state index is -0.635. The van der Waals surface area contributed by atoms with E-state index in [9.17, 15) is 9.59 Å². The van der Waals surface area contributed by atoms with E-state index in [4.69, 9.17) is 10.00 Å². The van der Waals surface area contributed by atoms with Crippen molar-refractivity contribution in [3.05, 3.63) is 42.0 Å². The van der Waals surface area contributed by atoms with Gasteiger partial charge < -0.3 is 14.4 Å². The molecule has 1 aromatic carbocycles. The number of nitriles is 1. The molecule has 0 saturated carbocycles. The van der Waals surface area contributed by atoms with E-state index < -0.39 is 6.10 Å². The molecule has 8 nitrogen and oxygen atoms in total. The van der Waals surface area contributed by atoms with Gasteiger partial charge in [-0.1, -0.05) is 12.1 Å². The average molecular weight is 351 g/mol. The second-order valence-corrected chi connectivity index (χ2v) is 5.76. The highest BCUT2D eigenvalue weighted by molar-refractivity contribution is 5.93. The molecule has 1 aliphatic rings. The molecular weight excluding hydrogens is 334 g/mol. The van der Waals surface area contributed by atoms with Gasteiger partial charge >= 0.3 is 6.03 Å². The number of amides is 2. The normalized spacial score (nSPS) is 15.0. The van der Waals surface area contributed by atoms with Gasteiger partial charge in [0.2, 0.25) is 0 Å². The maximum Gasteiger partial charge on any atom is 0.325 e. The van der Waals surface area contributed by atoms with Crippen molar-refractivity contribution in [3.63, 3.8) is 0 Å². The first kappa shape index (κ1) is 17.5. The second-order valence-electron chi connectivity index (χ2n) is 5.76. The topological polar surface area (TPSA) is 99.4 Å². The number of urea groups is 1. The van der Waals surface area contributed by atoms with Crippen LogP contribution in [-0.2, 0) is 9.53 Å². The number of nitrogens with zero attached hydrogens (tertiary/aromatic N) is 5. The molecule has 26 heavy (non-hydrogen) atoms. The number of ether oxygens (including phenoxy) is 1. The van der Waals surface area contributed by atoms with Crippen molar-refractivity contribution < 1.29 is 14.3 Å². The predicted molar refractivity (Wildman–Crippen MR) is 93.4 cm³/mol. The summed E-state index contributed by atoms with van der Waals surface area (Å²) in [5, 5.41) is 17.2. The Balaban J connectivity index is 1.71. The fraction of sp³-hybridized carbons (Fsp3) is 0.278. The molecule has 1 fully saturated rings. The van der Waals surface area contributed by atoms with Crippen LogP contribution in [0, 0.1) is 11.3 Å². The van der Waals surface area contributed by atoms with Crippen LogP contribution in [0.3, 0.4) is 0 Å². The Morgan fingerprint density at radius 2 is 2.00 bits per heavy atom. The van der Waals surface area contributed by atoms with Crippen LogP contribution in [-0.4, -0.2) is 60.3 Å². The minimum absolute atomic E-state index is 0.214. The molecule has 0 N–H and O–H groups in total. The van der Waals surface area contributed by atoms with Gasteiger partial charge in [0, 0.05) is 25.8 Å². The number of aldehydes is 1. The summed E-state index contributed by atoms with van der Waals surface area (Å²) in [5.74, 6) is 0.454. The number of carbonyl (C=O) groups is 2. The van der Waals surface area contributed by atoms with Gasteiger partial charge in [0.15, 0.2) is 12.1 Å². The first-order chi connectivity index (χ1) is 12.7. The van der Waals surface area contributed by atoms with Crippen molar-refractivity contribution in [2.24, 2.45) is 0 Å². The number of hydrogen-bond donors (Lipinski definition) is 0. The van der Waals surface area contributed by atoms with E-state index in [1.54, 1.807) is 41.3 Å². The summed E-state index contributed by atoms with van der Waals surface area (Å²) in [7, 11) is 1.44. The molecule has 2 amide bonds. The van der Waals surface area contributed by atoms with Crippen molar-refractivity contribution in [1.82, 2.24) is 15.1 Å². The highest BCUT2D eigenvalue weighted by atomic mass is 16.5. The molecule has 0 aliphatic carbocycles. The lowest BCUT2D eigenvalue weighted by atomic mass is 10.1. The largest absolute Gasteiger partial charge is 0.372 e. The molecule has 132 valence electrons. The minimum Gasteiger partial charge on any atom is -0.372 e. The molecule has 0 spiro atoms. The van der Waals surface area contributed by atoms with Gasteiger partial charge in [-0.25, -0.2) is 4.79 Å². The van der Waals surface area contributed by atoms with Crippen LogP contribution < -0.4 is 4.90 Å². The molecular formula is C18H17N5O3. The van der Waals surface area contributed by atoms with Gasteiger partial charge in [-0.2, -0.15) is 5.26 Å². The Bertz CT molecular complexity index is 829. The summed E-state index contributed by atoms with van der Waals surface area (Å²) in [6.45, 7) is 1.18. The summed E-state index contributed by atoms with van der Waals surface area (Å²) in [6.07, 6.45) is 0.0472. The van der Waals surface area contributed by atoms with Crippen LogP contribution in [0.15, 0.2) is 36.4 Å². The Morgan fingerprint density at radius 1 is 1.23 bits per heavy atom. The van der Waals surface area contributed by atoms with E-state index in [0.29, 0.717) is 36.5 Å². The summed E-state index contributed by atoms with van der Waals surface area (Å²) in [4.78, 5) is 26.4. The van der Waals surface area contributed by atoms with E-state index in [2.05, 4.69) is 16.3 Å². The standard InChI is InChI=1S/C18H17N5O3/c1-26-15(12-24)11-22-8-9-23(18(22)25)17-7-6-16(20-21-17)14-4-2-13(10-19)3-5-14/h2-7,12,15H,8-9,11H2,1H3. The summed E-state index contributed by atoms with van der Waals surface area (Å²) in [6, 6.07) is 12.4. The van der Waals surface area contributed by atoms with Gasteiger partial charge in [0.05, 0.1) is 23.9 Å². The predicted octanol–water partition coefficient (Wildman–Crippen LogP) is 1.47. The Hall–Kier alpha value is -3.31. The molecule has 1 aliphatic heterocycles. The van der Waals surface area contributed by atoms with Gasteiger partial charge in [0.1, 0.15) is 6.10 Å². The molecule has 1 aromatic heterocycles. The van der Waals surface area contributed by atoms with Gasteiger partial charge in [-0.3, -0.25) is 4.90 Å². The third kappa shape index (κ3) is 3.53. The van der Waals surface area contributed by atoms with Gasteiger partial charge in [-0.15, -0.1) is 10.2 Å². The van der Waals surface area contributed by atoms with Gasteiger partial charge in [0.25, 0.3) is 0 Å². The SMILES string of the molecule is COC(C=O)CN1CCN(c2ccc(-c3ccc(C#N)cc3)nn2)C1=O. The fourth-order valence-corrected chi connectivity index (χ4v) is 2.69. The summed E-state index contributed by atoms with van der Waals surface area (Å²) < 4.78 is 5.00. The second kappa shape index (κ2) is 7.72. The highest BCUT2D eigenvalue weighted by Crippen LogP contribution is 2.21. The van der Waals surface area contributed by atoms with Crippen LogP contribution in [0.1, 0.15) is 5.56 Å². The van der Waals surface area contributed by atoms with E-state index in [1.165, 1.54) is 12.0 Å². The molecule has 2 heterocycles. The Labute approximate surface area is 150 Å². The zero-order valence-corrected chi connectivity index (χ0v) is 14.2. The van der Waals surface area contributed by atoms with Crippen molar-refractivity contribution in [2.45, 2.75) is 6.10 Å². The average Bonchev–Trinajstić information content (AvgIpc) is 3.06. The lowest BCUT2D eigenvalue weighted by Gasteiger charge is -2.20. The lowest BCUT2D eigenvalue weighted by Crippen LogP contribution is -2.38. The zero-order chi connectivity index (χ0) is 18.5. The van der Waals surface area contributed by atoms with Crippen molar-refractivity contribution >= 4 is 18.1 Å². The number of carbonyl (C=O) groups excluding carboxylic acids is 2. The third-order valence-electron chi connectivity index (χ3n) is 4.19. The molecule has 0 bridgehead atoms. The Kier molecular flexibility index (Phi) is 5.20. The van der Waals surface area contributed by atoms with Crippen LogP contribution in [0.5, 0.6) is 0 Å². The van der Waals surface area contributed by atoms with E-state index in [0.717, 1.165) is 5.56 Å². The maximum absolute atomic E-state index is 12.5. The van der Waals surface area contributed by atoms with Gasteiger partial charge in [-0.05, 0) is 24.3 Å². The number of aromatic nitrogens is 2. The molecule has 1 unspecified atom stereocenters. The van der Waals surface area contributed by atoms with E-state index in [-0.39, 0.29) is 12.6 Å². The molecule has 1 saturated heterocycles.